The van der Waals surface area contributed by atoms with Crippen molar-refractivity contribution in [2.75, 3.05) is 19.0 Å². The summed E-state index contributed by atoms with van der Waals surface area (Å²) in [6.07, 6.45) is 0. The molecule has 2 rings (SSSR count). The fraction of sp³-hybridized carbons (Fsp3) is 0.294. The second-order valence-corrected chi connectivity index (χ2v) is 6.01. The van der Waals surface area contributed by atoms with Crippen LogP contribution in [0.4, 0.5) is 5.69 Å². The lowest BCUT2D eigenvalue weighted by Crippen LogP contribution is -2.23. The van der Waals surface area contributed by atoms with Gasteiger partial charge in [-0.3, -0.25) is 0 Å². The molecule has 4 heteroatoms. The third kappa shape index (κ3) is 3.91. The Balaban J connectivity index is 2.30. The Morgan fingerprint density at radius 2 is 1.67 bits per heavy atom. The van der Waals surface area contributed by atoms with Crippen LogP contribution >= 0.6 is 23.2 Å². The van der Waals surface area contributed by atoms with Gasteiger partial charge in [-0.05, 0) is 55.4 Å². The van der Waals surface area contributed by atoms with Crippen molar-refractivity contribution in [3.05, 3.63) is 63.6 Å². The van der Waals surface area contributed by atoms with Crippen molar-refractivity contribution in [1.29, 1.82) is 0 Å². The van der Waals surface area contributed by atoms with E-state index in [1.807, 2.05) is 31.3 Å². The minimum atomic E-state index is 0.249. The number of rotatable bonds is 5. The van der Waals surface area contributed by atoms with Gasteiger partial charge in [-0.25, -0.2) is 0 Å². The first-order valence-corrected chi connectivity index (χ1v) is 7.70. The highest BCUT2D eigenvalue weighted by Gasteiger charge is 2.15. The van der Waals surface area contributed by atoms with E-state index in [1.54, 1.807) is 0 Å². The molecule has 1 unspecified atom stereocenters. The summed E-state index contributed by atoms with van der Waals surface area (Å²) < 4.78 is 0. The molecule has 0 heterocycles. The number of anilines is 1. The summed E-state index contributed by atoms with van der Waals surface area (Å²) in [6.45, 7) is 2.97. The predicted molar refractivity (Wildman–Crippen MR) is 92.5 cm³/mol. The van der Waals surface area contributed by atoms with E-state index in [-0.39, 0.29) is 6.04 Å². The van der Waals surface area contributed by atoms with Crippen LogP contribution in [0.25, 0.3) is 0 Å². The SMILES string of the molecule is CNCc1cc(Cl)ccc1N(C)C(C)c1ccc(Cl)cc1. The molecule has 0 bridgehead atoms. The molecule has 0 spiro atoms. The number of nitrogens with zero attached hydrogens (tertiary/aromatic N) is 1. The molecule has 0 saturated heterocycles. The van der Waals surface area contributed by atoms with Crippen molar-refractivity contribution in [3.63, 3.8) is 0 Å². The van der Waals surface area contributed by atoms with E-state index >= 15 is 0 Å². The molecule has 21 heavy (non-hydrogen) atoms. The second-order valence-electron chi connectivity index (χ2n) is 5.14. The first kappa shape index (κ1) is 16.2. The first-order chi connectivity index (χ1) is 10.0. The minimum absolute atomic E-state index is 0.249. The van der Waals surface area contributed by atoms with Gasteiger partial charge in [0.1, 0.15) is 0 Å². The van der Waals surface area contributed by atoms with Crippen LogP contribution < -0.4 is 10.2 Å². The van der Waals surface area contributed by atoms with E-state index < -0.39 is 0 Å². The van der Waals surface area contributed by atoms with Gasteiger partial charge in [0.2, 0.25) is 0 Å². The Morgan fingerprint density at radius 1 is 1.05 bits per heavy atom. The monoisotopic (exact) mass is 322 g/mol. The number of hydrogen-bond donors (Lipinski definition) is 1. The van der Waals surface area contributed by atoms with Crippen molar-refractivity contribution in [2.45, 2.75) is 19.5 Å². The highest BCUT2D eigenvalue weighted by atomic mass is 35.5. The van der Waals surface area contributed by atoms with Crippen LogP contribution in [0.2, 0.25) is 10.0 Å². The maximum Gasteiger partial charge on any atom is 0.0511 e. The lowest BCUT2D eigenvalue weighted by atomic mass is 10.0. The number of nitrogens with one attached hydrogen (secondary N) is 1. The molecule has 0 aliphatic carbocycles. The molecule has 0 aliphatic rings. The lowest BCUT2D eigenvalue weighted by molar-refractivity contribution is 0.727. The topological polar surface area (TPSA) is 15.3 Å². The Morgan fingerprint density at radius 3 is 2.29 bits per heavy atom. The molecule has 2 aromatic carbocycles. The zero-order valence-electron chi connectivity index (χ0n) is 12.5. The Hall–Kier alpha value is -1.22. The van der Waals surface area contributed by atoms with Gasteiger partial charge in [0.05, 0.1) is 6.04 Å². The Bertz CT molecular complexity index is 596. The quantitative estimate of drug-likeness (QED) is 0.841. The van der Waals surface area contributed by atoms with Crippen LogP contribution in [0.3, 0.4) is 0 Å². The smallest absolute Gasteiger partial charge is 0.0511 e. The molecule has 0 saturated carbocycles. The molecule has 1 atom stereocenters. The third-order valence-electron chi connectivity index (χ3n) is 3.72. The molecule has 1 N–H and O–H groups in total. The molecule has 2 nitrogen and oxygen atoms in total. The average molecular weight is 323 g/mol. The van der Waals surface area contributed by atoms with Gasteiger partial charge in [-0.15, -0.1) is 0 Å². The van der Waals surface area contributed by atoms with E-state index in [9.17, 15) is 0 Å². The summed E-state index contributed by atoms with van der Waals surface area (Å²) >= 11 is 12.1. The standard InChI is InChI=1S/C17H20Cl2N2/c1-12(13-4-6-15(18)7-5-13)21(3)17-9-8-16(19)10-14(17)11-20-2/h4-10,12,20H,11H2,1-3H3. The summed E-state index contributed by atoms with van der Waals surface area (Å²) in [4.78, 5) is 2.26. The lowest BCUT2D eigenvalue weighted by Gasteiger charge is -2.29. The maximum atomic E-state index is 6.11. The van der Waals surface area contributed by atoms with Gasteiger partial charge in [-0.2, -0.15) is 0 Å². The number of hydrogen-bond acceptors (Lipinski definition) is 2. The molecule has 112 valence electrons. The third-order valence-corrected chi connectivity index (χ3v) is 4.21. The summed E-state index contributed by atoms with van der Waals surface area (Å²) in [6, 6.07) is 14.3. The molecular formula is C17H20Cl2N2. The van der Waals surface area contributed by atoms with Crippen molar-refractivity contribution in [2.24, 2.45) is 0 Å². The van der Waals surface area contributed by atoms with E-state index in [4.69, 9.17) is 23.2 Å². The van der Waals surface area contributed by atoms with Crippen molar-refractivity contribution in [3.8, 4) is 0 Å². The summed E-state index contributed by atoms with van der Waals surface area (Å²) in [5.74, 6) is 0. The van der Waals surface area contributed by atoms with Crippen molar-refractivity contribution < 1.29 is 0 Å². The fourth-order valence-electron chi connectivity index (χ4n) is 2.40. The van der Waals surface area contributed by atoms with E-state index in [1.165, 1.54) is 16.8 Å². The van der Waals surface area contributed by atoms with E-state index in [2.05, 4.69) is 42.4 Å². The van der Waals surface area contributed by atoms with Gasteiger partial charge in [-0.1, -0.05) is 35.3 Å². The number of halogens is 2. The van der Waals surface area contributed by atoms with Crippen molar-refractivity contribution in [1.82, 2.24) is 5.32 Å². The molecule has 0 aliphatic heterocycles. The molecule has 2 aromatic rings. The molecule has 0 fully saturated rings. The van der Waals surface area contributed by atoms with Gasteiger partial charge < -0.3 is 10.2 Å². The Labute approximate surface area is 136 Å². The van der Waals surface area contributed by atoms with Gasteiger partial charge in [0.25, 0.3) is 0 Å². The predicted octanol–water partition coefficient (Wildman–Crippen LogP) is 4.91. The molecule has 0 radical (unpaired) electrons. The van der Waals surface area contributed by atoms with Gasteiger partial charge in [0.15, 0.2) is 0 Å². The molecular weight excluding hydrogens is 303 g/mol. The Kier molecular flexibility index (Phi) is 5.51. The second kappa shape index (κ2) is 7.17. The molecule has 0 amide bonds. The highest BCUT2D eigenvalue weighted by Crippen LogP contribution is 2.30. The van der Waals surface area contributed by atoms with Gasteiger partial charge in [0, 0.05) is 29.3 Å². The first-order valence-electron chi connectivity index (χ1n) is 6.94. The van der Waals surface area contributed by atoms with E-state index in [0.29, 0.717) is 0 Å². The number of benzene rings is 2. The molecule has 0 aromatic heterocycles. The zero-order chi connectivity index (χ0) is 15.4. The minimum Gasteiger partial charge on any atom is -0.368 e. The van der Waals surface area contributed by atoms with E-state index in [0.717, 1.165) is 16.6 Å². The zero-order valence-corrected chi connectivity index (χ0v) is 14.0. The largest absolute Gasteiger partial charge is 0.368 e. The summed E-state index contributed by atoms with van der Waals surface area (Å²) in [7, 11) is 4.04. The van der Waals surface area contributed by atoms with Crippen LogP contribution in [0.5, 0.6) is 0 Å². The van der Waals surface area contributed by atoms with Crippen molar-refractivity contribution >= 4 is 28.9 Å². The highest BCUT2D eigenvalue weighted by molar-refractivity contribution is 6.31. The van der Waals surface area contributed by atoms with Crippen LogP contribution in [0, 0.1) is 0 Å². The van der Waals surface area contributed by atoms with Crippen LogP contribution in [-0.4, -0.2) is 14.1 Å². The normalized spacial score (nSPS) is 12.2. The van der Waals surface area contributed by atoms with Gasteiger partial charge >= 0.3 is 0 Å². The maximum absolute atomic E-state index is 6.11. The summed E-state index contributed by atoms with van der Waals surface area (Å²) in [5, 5.41) is 4.71. The van der Waals surface area contributed by atoms with Crippen LogP contribution in [0.15, 0.2) is 42.5 Å². The van der Waals surface area contributed by atoms with Crippen LogP contribution in [0.1, 0.15) is 24.1 Å². The fourth-order valence-corrected chi connectivity index (χ4v) is 2.72. The van der Waals surface area contributed by atoms with Crippen LogP contribution in [-0.2, 0) is 6.54 Å². The average Bonchev–Trinajstić information content (AvgIpc) is 2.47. The summed E-state index contributed by atoms with van der Waals surface area (Å²) in [5.41, 5.74) is 3.59.